The van der Waals surface area contributed by atoms with Crippen LogP contribution < -0.4 is 9.80 Å². The molecule has 3 aliphatic rings. The molecule has 1 aliphatic heterocycles. The number of unbranched alkanes of at least 4 members (excludes halogenated alkanes) is 18. The minimum atomic E-state index is -0.117. The van der Waals surface area contributed by atoms with Crippen LogP contribution in [0, 0.1) is 0 Å². The number of hydrogen-bond acceptors (Lipinski definition) is 2. The van der Waals surface area contributed by atoms with Crippen LogP contribution in [0.3, 0.4) is 0 Å². The van der Waals surface area contributed by atoms with Crippen LogP contribution in [0.15, 0.2) is 144 Å². The van der Waals surface area contributed by atoms with E-state index in [0.717, 1.165) is 29.4 Å². The monoisotopic (exact) mass is 979 g/mol. The number of anilines is 3. The van der Waals surface area contributed by atoms with Gasteiger partial charge in [-0.05, 0) is 108 Å². The van der Waals surface area contributed by atoms with Gasteiger partial charge in [0.1, 0.15) is 0 Å². The highest BCUT2D eigenvalue weighted by atomic mass is 35.5. The lowest BCUT2D eigenvalue weighted by Crippen LogP contribution is -2.40. The first-order valence-corrected chi connectivity index (χ1v) is 28.9. The number of nitrogens with zero attached hydrogens (tertiary/aromatic N) is 2. The molecule has 7 rings (SSSR count). The Hall–Kier alpha value is -3.98. The molecular formula is C66H88Cl2N2. The lowest BCUT2D eigenvalue weighted by atomic mass is 9.79. The van der Waals surface area contributed by atoms with Gasteiger partial charge in [-0.2, -0.15) is 0 Å². The molecular weight excluding hydrogens is 892 g/mol. The van der Waals surface area contributed by atoms with Crippen LogP contribution in [-0.2, 0) is 10.8 Å². The molecule has 0 amide bonds. The maximum Gasteiger partial charge on any atom is 0.0568 e. The van der Waals surface area contributed by atoms with Gasteiger partial charge < -0.3 is 9.80 Å². The summed E-state index contributed by atoms with van der Waals surface area (Å²) in [6.45, 7) is 15.4. The highest BCUT2D eigenvalue weighted by molar-refractivity contribution is 6.31. The number of rotatable bonds is 28. The van der Waals surface area contributed by atoms with Crippen molar-refractivity contribution in [3.05, 3.63) is 171 Å². The maximum atomic E-state index is 6.77. The van der Waals surface area contributed by atoms with Crippen molar-refractivity contribution in [1.29, 1.82) is 0 Å². The summed E-state index contributed by atoms with van der Waals surface area (Å²) in [6.07, 6.45) is 40.3. The van der Waals surface area contributed by atoms with Crippen LogP contribution in [0.4, 0.5) is 17.1 Å². The van der Waals surface area contributed by atoms with Crippen molar-refractivity contribution in [3.63, 3.8) is 0 Å². The van der Waals surface area contributed by atoms with Crippen LogP contribution in [0.1, 0.15) is 212 Å². The van der Waals surface area contributed by atoms with Crippen molar-refractivity contribution in [1.82, 2.24) is 0 Å². The standard InChI is InChI=1S/C66H88Cl2N2/c1-7-9-11-13-15-17-19-21-23-31-37-57-58-44-42-53(67)49-60(58)65(3,4)59(57)45-40-51-38-39-52(64(51)70(55-33-27-25-28-34-55)56-35-29-26-30-36-56)41-47-63-66(5,6)61-50-54(68)43-46-62(61)69(63)48-32-24-22-20-18-16-14-12-10-8-2/h25-30,33-36,40-47,49-50,57,63H,7-24,31-32,37-39,48H2,1-6H3. The second-order valence-electron chi connectivity index (χ2n) is 22.1. The number of fused-ring (bicyclic) bond motifs is 2. The molecule has 0 fully saturated rings. The summed E-state index contributed by atoms with van der Waals surface area (Å²) in [7, 11) is 0. The van der Waals surface area contributed by atoms with Gasteiger partial charge in [0, 0.05) is 50.4 Å². The van der Waals surface area contributed by atoms with Crippen LogP contribution in [0.25, 0.3) is 0 Å². The summed E-state index contributed by atoms with van der Waals surface area (Å²) >= 11 is 13.5. The Bertz CT molecular complexity index is 2330. The number of allylic oxidation sites excluding steroid dienone is 6. The van der Waals surface area contributed by atoms with E-state index >= 15 is 0 Å². The first kappa shape index (κ1) is 53.8. The predicted octanol–water partition coefficient (Wildman–Crippen LogP) is 21.1. The molecule has 4 aromatic rings. The number of halogens is 2. The van der Waals surface area contributed by atoms with E-state index in [4.69, 9.17) is 23.2 Å². The molecule has 70 heavy (non-hydrogen) atoms. The van der Waals surface area contributed by atoms with Gasteiger partial charge in [0.15, 0.2) is 0 Å². The van der Waals surface area contributed by atoms with Gasteiger partial charge in [-0.15, -0.1) is 0 Å². The highest BCUT2D eigenvalue weighted by Gasteiger charge is 2.44. The van der Waals surface area contributed by atoms with Crippen molar-refractivity contribution in [2.75, 3.05) is 16.3 Å². The number of benzene rings is 4. The van der Waals surface area contributed by atoms with E-state index in [1.54, 1.807) is 0 Å². The third kappa shape index (κ3) is 13.5. The third-order valence-corrected chi connectivity index (χ3v) is 16.7. The minimum Gasteiger partial charge on any atom is -0.364 e. The van der Waals surface area contributed by atoms with Gasteiger partial charge in [-0.25, -0.2) is 0 Å². The van der Waals surface area contributed by atoms with Crippen LogP contribution in [0.2, 0.25) is 10.0 Å². The second-order valence-corrected chi connectivity index (χ2v) is 23.0. The normalized spacial score (nSPS) is 19.3. The molecule has 0 saturated carbocycles. The molecule has 0 spiro atoms. The SMILES string of the molecule is CCCCCCCCCCCCC1C(=CC=C2CCC(C=CC3N(CCCCCCCCCCCC)c4ccc(Cl)cc4C3(C)C)=C2N(c2ccccc2)c2ccccc2)C(C)(C)c2cc(Cl)ccc21. The lowest BCUT2D eigenvalue weighted by Gasteiger charge is -2.33. The molecule has 0 saturated heterocycles. The minimum absolute atomic E-state index is 0.106. The van der Waals surface area contributed by atoms with E-state index < -0.39 is 0 Å². The topological polar surface area (TPSA) is 6.48 Å². The van der Waals surface area contributed by atoms with Gasteiger partial charge in [-0.3, -0.25) is 0 Å². The fourth-order valence-electron chi connectivity index (χ4n) is 12.2. The van der Waals surface area contributed by atoms with Gasteiger partial charge >= 0.3 is 0 Å². The smallest absolute Gasteiger partial charge is 0.0568 e. The molecule has 2 atom stereocenters. The van der Waals surface area contributed by atoms with Crippen LogP contribution in [-0.4, -0.2) is 12.6 Å². The van der Waals surface area contributed by atoms with Crippen LogP contribution in [0.5, 0.6) is 0 Å². The molecule has 2 nitrogen and oxygen atoms in total. The maximum absolute atomic E-state index is 6.77. The van der Waals surface area contributed by atoms with Gasteiger partial charge in [0.2, 0.25) is 0 Å². The zero-order valence-corrected chi connectivity index (χ0v) is 45.8. The van der Waals surface area contributed by atoms with E-state index in [9.17, 15) is 0 Å². The average Bonchev–Trinajstić information content (AvgIpc) is 3.92. The zero-order chi connectivity index (χ0) is 49.4. The molecule has 376 valence electrons. The predicted molar refractivity (Wildman–Crippen MR) is 308 cm³/mol. The van der Waals surface area contributed by atoms with E-state index in [-0.39, 0.29) is 16.9 Å². The summed E-state index contributed by atoms with van der Waals surface area (Å²) in [5.41, 5.74) is 13.3. The fourth-order valence-corrected chi connectivity index (χ4v) is 12.6. The summed E-state index contributed by atoms with van der Waals surface area (Å²) in [6, 6.07) is 35.6. The molecule has 4 heteroatoms. The molecule has 0 radical (unpaired) electrons. The molecule has 2 aliphatic carbocycles. The number of hydrogen-bond donors (Lipinski definition) is 0. The quantitative estimate of drug-likeness (QED) is 0.0523. The summed E-state index contributed by atoms with van der Waals surface area (Å²) in [4.78, 5) is 5.23. The lowest BCUT2D eigenvalue weighted by molar-refractivity contribution is 0.467. The summed E-state index contributed by atoms with van der Waals surface area (Å²) in [5, 5.41) is 1.66. The van der Waals surface area contributed by atoms with Gasteiger partial charge in [0.25, 0.3) is 0 Å². The third-order valence-electron chi connectivity index (χ3n) is 16.3. The fraction of sp³-hybridized carbons (Fsp3) is 0.515. The molecule has 0 N–H and O–H groups in total. The van der Waals surface area contributed by atoms with Gasteiger partial charge in [0.05, 0.1) is 11.7 Å². The van der Waals surface area contributed by atoms with Crippen molar-refractivity contribution >= 4 is 40.3 Å². The largest absolute Gasteiger partial charge is 0.364 e. The van der Waals surface area contributed by atoms with Crippen molar-refractivity contribution < 1.29 is 0 Å². The van der Waals surface area contributed by atoms with Crippen molar-refractivity contribution in [3.8, 4) is 0 Å². The Labute approximate surface area is 436 Å². The molecule has 1 heterocycles. The van der Waals surface area contributed by atoms with E-state index in [2.05, 4.69) is 173 Å². The Morgan fingerprint density at radius 2 is 1.09 bits per heavy atom. The number of para-hydroxylation sites is 2. The van der Waals surface area contributed by atoms with Crippen molar-refractivity contribution in [2.45, 2.75) is 212 Å². The first-order chi connectivity index (χ1) is 34.1. The second kappa shape index (κ2) is 26.6. The van der Waals surface area contributed by atoms with Gasteiger partial charge in [-0.1, -0.05) is 259 Å². The molecule has 0 bridgehead atoms. The van der Waals surface area contributed by atoms with Crippen molar-refractivity contribution in [2.24, 2.45) is 0 Å². The molecule has 2 unspecified atom stereocenters. The first-order valence-electron chi connectivity index (χ1n) is 28.2. The summed E-state index contributed by atoms with van der Waals surface area (Å²) in [5.74, 6) is 0.391. The molecule has 0 aromatic heterocycles. The van der Waals surface area contributed by atoms with E-state index in [0.29, 0.717) is 5.92 Å². The summed E-state index contributed by atoms with van der Waals surface area (Å²) < 4.78 is 0. The Morgan fingerprint density at radius 3 is 1.66 bits per heavy atom. The Balaban J connectivity index is 1.20. The zero-order valence-electron chi connectivity index (χ0n) is 44.3. The van der Waals surface area contributed by atoms with E-state index in [1.807, 2.05) is 0 Å². The van der Waals surface area contributed by atoms with E-state index in [1.165, 1.54) is 191 Å². The highest BCUT2D eigenvalue weighted by Crippen LogP contribution is 2.53. The van der Waals surface area contributed by atoms with Crippen LogP contribution >= 0.6 is 23.2 Å². The average molecular weight is 980 g/mol. The Kier molecular flexibility index (Phi) is 20.5. The Morgan fingerprint density at radius 1 is 0.571 bits per heavy atom. The molecule has 4 aromatic carbocycles.